The van der Waals surface area contributed by atoms with E-state index in [0.717, 1.165) is 0 Å². The lowest BCUT2D eigenvalue weighted by atomic mass is 10.2. The highest BCUT2D eigenvalue weighted by atomic mass is 16.3. The van der Waals surface area contributed by atoms with Crippen molar-refractivity contribution in [1.82, 2.24) is 10.0 Å². The molecule has 7 heteroatoms. The zero-order valence-electron chi connectivity index (χ0n) is 10.2. The normalized spacial score (nSPS) is 11.0. The summed E-state index contributed by atoms with van der Waals surface area (Å²) in [4.78, 5) is 20.9. The van der Waals surface area contributed by atoms with Crippen LogP contribution in [-0.2, 0) is 0 Å². The van der Waals surface area contributed by atoms with E-state index >= 15 is 0 Å². The van der Waals surface area contributed by atoms with Crippen LogP contribution in [0.25, 0.3) is 0 Å². The van der Waals surface area contributed by atoms with Crippen LogP contribution in [0.5, 0.6) is 0 Å². The highest BCUT2D eigenvalue weighted by Gasteiger charge is 2.18. The fraction of sp³-hybridized carbons (Fsp3) is 1.00. The van der Waals surface area contributed by atoms with Gasteiger partial charge in [-0.25, -0.2) is 0 Å². The van der Waals surface area contributed by atoms with Gasteiger partial charge in [-0.3, -0.25) is 10.0 Å². The minimum absolute atomic E-state index is 0.0798. The third kappa shape index (κ3) is 5.01. The van der Waals surface area contributed by atoms with E-state index in [-0.39, 0.29) is 25.2 Å². The minimum Gasteiger partial charge on any atom is -0.389 e. The molecule has 94 valence electrons. The molecule has 0 fully saturated rings. The molecule has 16 heavy (non-hydrogen) atoms. The van der Waals surface area contributed by atoms with Gasteiger partial charge in [0.1, 0.15) is 0 Å². The summed E-state index contributed by atoms with van der Waals surface area (Å²) in [7, 11) is 0. The molecule has 0 heterocycles. The zero-order chi connectivity index (χ0) is 12.7. The first kappa shape index (κ1) is 14.8. The van der Waals surface area contributed by atoms with E-state index in [1.807, 2.05) is 0 Å². The first-order chi connectivity index (χ1) is 7.42. The summed E-state index contributed by atoms with van der Waals surface area (Å²) in [5.74, 6) is 0. The van der Waals surface area contributed by atoms with Crippen LogP contribution in [0, 0.1) is 9.81 Å². The first-order valence-corrected chi connectivity index (χ1v) is 5.30. The van der Waals surface area contributed by atoms with Gasteiger partial charge in [0.15, 0.2) is 0 Å². The Bertz CT molecular complexity index is 201. The predicted octanol–water partition coefficient (Wildman–Crippen LogP) is 1.13. The molecule has 0 aromatic rings. The van der Waals surface area contributed by atoms with Crippen LogP contribution >= 0.6 is 0 Å². The summed E-state index contributed by atoms with van der Waals surface area (Å²) in [5.41, 5.74) is 0. The van der Waals surface area contributed by atoms with E-state index < -0.39 is 6.10 Å². The lowest BCUT2D eigenvalue weighted by Crippen LogP contribution is -2.40. The van der Waals surface area contributed by atoms with Gasteiger partial charge < -0.3 is 5.11 Å². The van der Waals surface area contributed by atoms with Crippen LogP contribution in [0.4, 0.5) is 0 Å². The van der Waals surface area contributed by atoms with Crippen molar-refractivity contribution in [2.45, 2.75) is 45.9 Å². The summed E-state index contributed by atoms with van der Waals surface area (Å²) in [6.45, 7) is 7.39. The van der Waals surface area contributed by atoms with Gasteiger partial charge in [-0.15, -0.1) is 9.81 Å². The summed E-state index contributed by atoms with van der Waals surface area (Å²) in [6, 6.07) is -0.160. The molecular weight excluding hydrogens is 212 g/mol. The number of nitroso groups, excluding NO2 is 2. The highest BCUT2D eigenvalue weighted by molar-refractivity contribution is 4.69. The van der Waals surface area contributed by atoms with E-state index in [1.54, 1.807) is 27.7 Å². The SMILES string of the molecule is CC(C)N(CC(O)CN(N=O)C(C)C)N=O. The minimum atomic E-state index is -0.833. The molecule has 0 bridgehead atoms. The lowest BCUT2D eigenvalue weighted by molar-refractivity contribution is 0.0540. The molecular formula is C9H20N4O3. The van der Waals surface area contributed by atoms with E-state index in [0.29, 0.717) is 0 Å². The Balaban J connectivity index is 4.19. The third-order valence-electron chi connectivity index (χ3n) is 2.20. The Hall–Kier alpha value is -1.24. The van der Waals surface area contributed by atoms with Crippen LogP contribution in [-0.4, -0.2) is 46.4 Å². The fourth-order valence-corrected chi connectivity index (χ4v) is 1.17. The molecule has 0 aromatic heterocycles. The molecule has 0 saturated heterocycles. The van der Waals surface area contributed by atoms with Crippen molar-refractivity contribution < 1.29 is 5.11 Å². The maximum atomic E-state index is 10.4. The zero-order valence-corrected chi connectivity index (χ0v) is 10.2. The molecule has 0 aliphatic carbocycles. The molecule has 1 N–H and O–H groups in total. The van der Waals surface area contributed by atoms with Crippen LogP contribution in [0.3, 0.4) is 0 Å². The van der Waals surface area contributed by atoms with E-state index in [2.05, 4.69) is 10.6 Å². The summed E-state index contributed by atoms with van der Waals surface area (Å²) < 4.78 is 0. The Morgan fingerprint density at radius 1 is 0.938 bits per heavy atom. The van der Waals surface area contributed by atoms with Crippen molar-refractivity contribution in [3.63, 3.8) is 0 Å². The molecule has 0 rings (SSSR count). The predicted molar refractivity (Wildman–Crippen MR) is 61.3 cm³/mol. The van der Waals surface area contributed by atoms with E-state index in [4.69, 9.17) is 0 Å². The summed E-state index contributed by atoms with van der Waals surface area (Å²) >= 11 is 0. The van der Waals surface area contributed by atoms with Gasteiger partial charge in [-0.05, 0) is 27.7 Å². The van der Waals surface area contributed by atoms with E-state index in [1.165, 1.54) is 10.0 Å². The van der Waals surface area contributed by atoms with Crippen molar-refractivity contribution >= 4 is 0 Å². The van der Waals surface area contributed by atoms with Crippen LogP contribution in [0.15, 0.2) is 10.6 Å². The molecule has 0 aromatic carbocycles. The second kappa shape index (κ2) is 7.10. The highest BCUT2D eigenvalue weighted by Crippen LogP contribution is 2.05. The Morgan fingerprint density at radius 2 is 1.25 bits per heavy atom. The number of hydrogen-bond donors (Lipinski definition) is 1. The average molecular weight is 232 g/mol. The van der Waals surface area contributed by atoms with Gasteiger partial charge in [0.2, 0.25) is 0 Å². The van der Waals surface area contributed by atoms with Gasteiger partial charge in [-0.2, -0.15) is 0 Å². The van der Waals surface area contributed by atoms with Crippen molar-refractivity contribution in [3.8, 4) is 0 Å². The Morgan fingerprint density at radius 3 is 1.44 bits per heavy atom. The van der Waals surface area contributed by atoms with Crippen LogP contribution < -0.4 is 0 Å². The van der Waals surface area contributed by atoms with Crippen molar-refractivity contribution in [3.05, 3.63) is 9.81 Å². The quantitative estimate of drug-likeness (QED) is 0.501. The number of rotatable bonds is 8. The number of nitrogens with zero attached hydrogens (tertiary/aromatic N) is 4. The summed E-state index contributed by atoms with van der Waals surface area (Å²) in [5, 5.41) is 17.7. The monoisotopic (exact) mass is 232 g/mol. The van der Waals surface area contributed by atoms with Crippen molar-refractivity contribution in [2.75, 3.05) is 13.1 Å². The van der Waals surface area contributed by atoms with Gasteiger partial charge in [0.05, 0.1) is 29.8 Å². The van der Waals surface area contributed by atoms with Crippen LogP contribution in [0.2, 0.25) is 0 Å². The molecule has 0 unspecified atom stereocenters. The van der Waals surface area contributed by atoms with Gasteiger partial charge in [0.25, 0.3) is 0 Å². The number of aliphatic hydroxyl groups is 1. The first-order valence-electron chi connectivity index (χ1n) is 5.30. The Labute approximate surface area is 95.3 Å². The van der Waals surface area contributed by atoms with Gasteiger partial charge in [0, 0.05) is 12.1 Å². The average Bonchev–Trinajstić information content (AvgIpc) is 2.21. The molecule has 0 aliphatic heterocycles. The molecule has 0 radical (unpaired) electrons. The fourth-order valence-electron chi connectivity index (χ4n) is 1.17. The summed E-state index contributed by atoms with van der Waals surface area (Å²) in [6.07, 6.45) is -0.833. The second-order valence-electron chi connectivity index (χ2n) is 4.25. The van der Waals surface area contributed by atoms with Crippen LogP contribution in [0.1, 0.15) is 27.7 Å². The van der Waals surface area contributed by atoms with Crippen molar-refractivity contribution in [2.24, 2.45) is 10.6 Å². The van der Waals surface area contributed by atoms with E-state index in [9.17, 15) is 14.9 Å². The Kier molecular flexibility index (Phi) is 6.55. The molecule has 7 nitrogen and oxygen atoms in total. The largest absolute Gasteiger partial charge is 0.389 e. The van der Waals surface area contributed by atoms with Crippen molar-refractivity contribution in [1.29, 1.82) is 0 Å². The second-order valence-corrected chi connectivity index (χ2v) is 4.25. The maximum Gasteiger partial charge on any atom is 0.0925 e. The molecule has 0 spiro atoms. The molecule has 0 atom stereocenters. The molecule has 0 saturated carbocycles. The maximum absolute atomic E-state index is 10.4. The number of hydrogen-bond acceptors (Lipinski definition) is 5. The smallest absolute Gasteiger partial charge is 0.0925 e. The molecule has 0 amide bonds. The lowest BCUT2D eigenvalue weighted by Gasteiger charge is -2.26. The third-order valence-corrected chi connectivity index (χ3v) is 2.20. The molecule has 0 aliphatic rings. The number of aliphatic hydroxyl groups excluding tert-OH is 1. The van der Waals surface area contributed by atoms with Gasteiger partial charge >= 0.3 is 0 Å². The topological polar surface area (TPSA) is 85.6 Å². The standard InChI is InChI=1S/C9H20N4O3/c1-7(2)12(10-15)5-9(14)6-13(11-16)8(3)4/h7-9,14H,5-6H2,1-4H3. The van der Waals surface area contributed by atoms with Gasteiger partial charge in [-0.1, -0.05) is 0 Å².